The van der Waals surface area contributed by atoms with E-state index in [-0.39, 0.29) is 54.4 Å². The normalized spacial score (nSPS) is 36.1. The largest absolute Gasteiger partial charge is 0.325 e. The molecule has 0 radical (unpaired) electrons. The third kappa shape index (κ3) is 2.26. The maximum absolute atomic E-state index is 12.8. The van der Waals surface area contributed by atoms with Crippen LogP contribution >= 0.6 is 11.6 Å². The Hall–Kier alpha value is -2.14. The van der Waals surface area contributed by atoms with E-state index >= 15 is 0 Å². The van der Waals surface area contributed by atoms with Crippen LogP contribution in [-0.2, 0) is 14.4 Å². The molecule has 1 N–H and O–H groups in total. The molecule has 26 heavy (non-hydrogen) atoms. The summed E-state index contributed by atoms with van der Waals surface area (Å²) in [7, 11) is 0. The molecule has 1 saturated heterocycles. The van der Waals surface area contributed by atoms with Crippen LogP contribution in [0.4, 0.5) is 5.69 Å². The van der Waals surface area contributed by atoms with Crippen LogP contribution in [0.2, 0.25) is 5.02 Å². The molecule has 6 heteroatoms. The van der Waals surface area contributed by atoms with E-state index in [4.69, 9.17) is 11.6 Å². The van der Waals surface area contributed by atoms with E-state index in [1.54, 1.807) is 24.3 Å². The number of para-hydroxylation sites is 1. The molecule has 1 aromatic carbocycles. The molecule has 1 aromatic rings. The number of amides is 3. The van der Waals surface area contributed by atoms with Crippen LogP contribution in [0.3, 0.4) is 0 Å². The molecule has 2 bridgehead atoms. The number of anilines is 1. The minimum Gasteiger partial charge on any atom is -0.325 e. The van der Waals surface area contributed by atoms with Gasteiger partial charge in [-0.25, -0.2) is 0 Å². The fourth-order valence-corrected chi connectivity index (χ4v) is 5.41. The number of likely N-dealkylation sites (tertiary alicyclic amines) is 1. The predicted octanol–water partition coefficient (Wildman–Crippen LogP) is 2.72. The van der Waals surface area contributed by atoms with Crippen LogP contribution < -0.4 is 5.32 Å². The maximum atomic E-state index is 12.8. The molecule has 5 aliphatic rings. The second kappa shape index (κ2) is 5.68. The molecule has 0 spiro atoms. The highest BCUT2D eigenvalue weighted by Gasteiger charge is 2.66. The fraction of sp³-hybridized carbons (Fsp3) is 0.450. The third-order valence-corrected chi connectivity index (χ3v) is 6.79. The summed E-state index contributed by atoms with van der Waals surface area (Å²) >= 11 is 6.04. The predicted molar refractivity (Wildman–Crippen MR) is 96.1 cm³/mol. The SMILES string of the molecule is O=C(CCN1C(=O)[C@@H]2[C@H]3C=C[C@H]([C@H]4C[C@H]34)[C@@H]2C1=O)Nc1ccccc1Cl. The average molecular weight is 371 g/mol. The van der Waals surface area contributed by atoms with Gasteiger partial charge in [0.05, 0.1) is 22.5 Å². The van der Waals surface area contributed by atoms with Gasteiger partial charge in [-0.15, -0.1) is 0 Å². The van der Waals surface area contributed by atoms with Gasteiger partial charge in [-0.05, 0) is 42.2 Å². The molecule has 4 aliphatic carbocycles. The summed E-state index contributed by atoms with van der Waals surface area (Å²) < 4.78 is 0. The number of rotatable bonds is 4. The molecule has 2 saturated carbocycles. The molecule has 0 aromatic heterocycles. The van der Waals surface area contributed by atoms with Gasteiger partial charge >= 0.3 is 0 Å². The van der Waals surface area contributed by atoms with Crippen molar-refractivity contribution < 1.29 is 14.4 Å². The summed E-state index contributed by atoms with van der Waals surface area (Å²) in [6.07, 6.45) is 5.53. The lowest BCUT2D eigenvalue weighted by Crippen LogP contribution is -2.40. The Balaban J connectivity index is 1.26. The number of hydrogen-bond donors (Lipinski definition) is 1. The van der Waals surface area contributed by atoms with Crippen LogP contribution in [0.25, 0.3) is 0 Å². The summed E-state index contributed by atoms with van der Waals surface area (Å²) in [6, 6.07) is 6.99. The number of nitrogens with one attached hydrogen (secondary N) is 1. The number of nitrogens with zero attached hydrogens (tertiary/aromatic N) is 1. The highest BCUT2D eigenvalue weighted by molar-refractivity contribution is 6.33. The van der Waals surface area contributed by atoms with Gasteiger partial charge < -0.3 is 5.32 Å². The van der Waals surface area contributed by atoms with E-state index in [1.807, 2.05) is 0 Å². The molecule has 6 atom stereocenters. The number of hydrogen-bond acceptors (Lipinski definition) is 3. The van der Waals surface area contributed by atoms with Gasteiger partial charge in [0, 0.05) is 13.0 Å². The van der Waals surface area contributed by atoms with Crippen LogP contribution in [0.15, 0.2) is 36.4 Å². The highest BCUT2D eigenvalue weighted by atomic mass is 35.5. The highest BCUT2D eigenvalue weighted by Crippen LogP contribution is 2.65. The Bertz CT molecular complexity index is 815. The molecule has 1 aliphatic heterocycles. The van der Waals surface area contributed by atoms with Gasteiger partial charge in [-0.3, -0.25) is 19.3 Å². The van der Waals surface area contributed by atoms with E-state index < -0.39 is 0 Å². The summed E-state index contributed by atoms with van der Waals surface area (Å²) in [6.45, 7) is 0.135. The van der Waals surface area contributed by atoms with Crippen molar-refractivity contribution in [2.45, 2.75) is 12.8 Å². The molecule has 5 nitrogen and oxygen atoms in total. The van der Waals surface area contributed by atoms with E-state index in [1.165, 1.54) is 4.90 Å². The number of benzene rings is 1. The number of carbonyl (C=O) groups excluding carboxylic acids is 3. The molecule has 6 rings (SSSR count). The maximum Gasteiger partial charge on any atom is 0.233 e. The summed E-state index contributed by atoms with van der Waals surface area (Å²) in [5, 5.41) is 3.20. The molecule has 3 fully saturated rings. The summed E-state index contributed by atoms with van der Waals surface area (Å²) in [5.74, 6) is 0.781. The van der Waals surface area contributed by atoms with Gasteiger partial charge in [0.2, 0.25) is 17.7 Å². The molecule has 3 amide bonds. The third-order valence-electron chi connectivity index (χ3n) is 6.46. The topological polar surface area (TPSA) is 66.5 Å². The average Bonchev–Trinajstić information content (AvgIpc) is 3.41. The van der Waals surface area contributed by atoms with Crippen LogP contribution in [0, 0.1) is 35.5 Å². The molecule has 134 valence electrons. The van der Waals surface area contributed by atoms with Crippen molar-refractivity contribution >= 4 is 35.0 Å². The van der Waals surface area contributed by atoms with Crippen LogP contribution in [0.5, 0.6) is 0 Å². The van der Waals surface area contributed by atoms with Crippen molar-refractivity contribution in [2.24, 2.45) is 35.5 Å². The van der Waals surface area contributed by atoms with Crippen LogP contribution in [0.1, 0.15) is 12.8 Å². The Labute approximate surface area is 156 Å². The Morgan fingerprint density at radius 2 is 1.69 bits per heavy atom. The van der Waals surface area contributed by atoms with Gasteiger partial charge in [-0.1, -0.05) is 35.9 Å². The summed E-state index contributed by atoms with van der Waals surface area (Å²) in [4.78, 5) is 39.2. The van der Waals surface area contributed by atoms with Crippen molar-refractivity contribution in [3.63, 3.8) is 0 Å². The van der Waals surface area contributed by atoms with Gasteiger partial charge in [0.25, 0.3) is 0 Å². The molecular formula is C20H19ClN2O3. The number of halogens is 1. The van der Waals surface area contributed by atoms with E-state index in [0.29, 0.717) is 22.5 Å². The number of allylic oxidation sites excluding steroid dienone is 2. The van der Waals surface area contributed by atoms with Crippen molar-refractivity contribution in [1.82, 2.24) is 4.90 Å². The minimum atomic E-state index is -0.252. The zero-order valence-corrected chi connectivity index (χ0v) is 14.9. The first-order valence-corrected chi connectivity index (χ1v) is 9.52. The Morgan fingerprint density at radius 1 is 1.08 bits per heavy atom. The lowest BCUT2D eigenvalue weighted by atomic mass is 9.63. The second-order valence-corrected chi connectivity index (χ2v) is 8.17. The van der Waals surface area contributed by atoms with Crippen molar-refractivity contribution in [2.75, 3.05) is 11.9 Å². The molecular weight excluding hydrogens is 352 g/mol. The Morgan fingerprint density at radius 3 is 2.31 bits per heavy atom. The summed E-state index contributed by atoms with van der Waals surface area (Å²) in [5.41, 5.74) is 0.536. The number of carbonyl (C=O) groups is 3. The van der Waals surface area contributed by atoms with Gasteiger partial charge in [0.15, 0.2) is 0 Å². The monoisotopic (exact) mass is 370 g/mol. The van der Waals surface area contributed by atoms with Crippen molar-refractivity contribution in [3.05, 3.63) is 41.4 Å². The lowest BCUT2D eigenvalue weighted by Gasteiger charge is -2.37. The zero-order chi connectivity index (χ0) is 18.0. The van der Waals surface area contributed by atoms with E-state index in [0.717, 1.165) is 6.42 Å². The van der Waals surface area contributed by atoms with E-state index in [9.17, 15) is 14.4 Å². The smallest absolute Gasteiger partial charge is 0.233 e. The number of imide groups is 1. The van der Waals surface area contributed by atoms with Crippen molar-refractivity contribution in [1.29, 1.82) is 0 Å². The minimum absolute atomic E-state index is 0.0811. The second-order valence-electron chi connectivity index (χ2n) is 7.76. The van der Waals surface area contributed by atoms with Crippen LogP contribution in [-0.4, -0.2) is 29.2 Å². The zero-order valence-electron chi connectivity index (χ0n) is 14.1. The van der Waals surface area contributed by atoms with E-state index in [2.05, 4.69) is 17.5 Å². The quantitative estimate of drug-likeness (QED) is 0.654. The van der Waals surface area contributed by atoms with Crippen molar-refractivity contribution in [3.8, 4) is 0 Å². The van der Waals surface area contributed by atoms with Gasteiger partial charge in [0.1, 0.15) is 0 Å². The standard InChI is InChI=1S/C20H19ClN2O3/c21-14-3-1-2-4-15(14)22-16(24)7-8-23-19(25)17-10-5-6-11(13-9-12(10)13)18(17)20(23)26/h1-6,10-13,17-18H,7-9H2,(H,22,24)/t10-,11+,12-,13-,17+,18-/m1/s1. The first-order valence-electron chi connectivity index (χ1n) is 9.14. The Kier molecular flexibility index (Phi) is 3.51. The fourth-order valence-electron chi connectivity index (χ4n) is 5.23. The van der Waals surface area contributed by atoms with Gasteiger partial charge in [-0.2, -0.15) is 0 Å². The first kappa shape index (κ1) is 16.1. The molecule has 1 heterocycles. The molecule has 0 unspecified atom stereocenters. The first-order chi connectivity index (χ1) is 12.6. The lowest BCUT2D eigenvalue weighted by molar-refractivity contribution is -0.140.